The molecule has 0 unspecified atom stereocenters. The number of hydrogen-bond acceptors (Lipinski definition) is 4. The molecule has 2 N–H and O–H groups in total. The molecule has 7 heteroatoms. The summed E-state index contributed by atoms with van der Waals surface area (Å²) in [5.74, 6) is -0.181. The molecule has 1 amide bonds. The average Bonchev–Trinajstić information content (AvgIpc) is 3.05. The lowest BCUT2D eigenvalue weighted by Gasteiger charge is -2.12. The standard InChI is InChI=1S/C16H16Br2N2O3/c1-23-12-7-9(13(17)14(18)15(12)21)6-10(8-19)16(22)20-11-4-2-3-5-11/h6-7,11,21H,2-5H2,1H3,(H,20,22)/b10-6-. The van der Waals surface area contributed by atoms with Crippen LogP contribution in [0, 0.1) is 11.3 Å². The monoisotopic (exact) mass is 442 g/mol. The molecule has 1 aliphatic rings. The van der Waals surface area contributed by atoms with Crippen LogP contribution in [0.5, 0.6) is 11.5 Å². The van der Waals surface area contributed by atoms with Crippen LogP contribution in [0.1, 0.15) is 31.2 Å². The molecule has 122 valence electrons. The van der Waals surface area contributed by atoms with E-state index in [4.69, 9.17) is 4.74 Å². The zero-order chi connectivity index (χ0) is 17.0. The smallest absolute Gasteiger partial charge is 0.262 e. The maximum absolute atomic E-state index is 12.2. The first kappa shape index (κ1) is 17.8. The minimum Gasteiger partial charge on any atom is -0.503 e. The predicted molar refractivity (Wildman–Crippen MR) is 94.0 cm³/mol. The van der Waals surface area contributed by atoms with Gasteiger partial charge in [0.1, 0.15) is 11.6 Å². The lowest BCUT2D eigenvalue weighted by atomic mass is 10.1. The first-order valence-corrected chi connectivity index (χ1v) is 8.74. The van der Waals surface area contributed by atoms with Crippen molar-refractivity contribution in [2.24, 2.45) is 0 Å². The number of amides is 1. The molecule has 0 atom stereocenters. The number of ether oxygens (including phenoxy) is 1. The third-order valence-electron chi connectivity index (χ3n) is 3.75. The number of nitrogens with one attached hydrogen (secondary N) is 1. The average molecular weight is 444 g/mol. The molecule has 0 spiro atoms. The third-order valence-corrected chi connectivity index (χ3v) is 5.91. The van der Waals surface area contributed by atoms with Crippen molar-refractivity contribution in [3.63, 3.8) is 0 Å². The summed E-state index contributed by atoms with van der Waals surface area (Å²) in [4.78, 5) is 12.2. The lowest BCUT2D eigenvalue weighted by molar-refractivity contribution is -0.117. The van der Waals surface area contributed by atoms with E-state index in [1.54, 1.807) is 6.07 Å². The molecule has 1 saturated carbocycles. The number of rotatable bonds is 4. The van der Waals surface area contributed by atoms with Crippen molar-refractivity contribution in [3.05, 3.63) is 26.1 Å². The van der Waals surface area contributed by atoms with Gasteiger partial charge in [0.05, 0.1) is 11.6 Å². The Morgan fingerprint density at radius 1 is 1.43 bits per heavy atom. The fraction of sp³-hybridized carbons (Fsp3) is 0.375. The number of nitriles is 1. The summed E-state index contributed by atoms with van der Waals surface area (Å²) in [5, 5.41) is 22.1. The molecule has 5 nitrogen and oxygen atoms in total. The van der Waals surface area contributed by atoms with Crippen LogP contribution >= 0.6 is 31.9 Å². The van der Waals surface area contributed by atoms with Crippen LogP contribution in [-0.2, 0) is 4.79 Å². The van der Waals surface area contributed by atoms with E-state index in [0.717, 1.165) is 25.7 Å². The molecule has 0 heterocycles. The van der Waals surface area contributed by atoms with Crippen molar-refractivity contribution >= 4 is 43.8 Å². The van der Waals surface area contributed by atoms with E-state index in [1.165, 1.54) is 13.2 Å². The summed E-state index contributed by atoms with van der Waals surface area (Å²) in [6.45, 7) is 0. The van der Waals surface area contributed by atoms with Crippen LogP contribution in [0.15, 0.2) is 20.6 Å². The second-order valence-electron chi connectivity index (χ2n) is 5.27. The second kappa shape index (κ2) is 7.84. The van der Waals surface area contributed by atoms with Gasteiger partial charge in [0.2, 0.25) is 0 Å². The van der Waals surface area contributed by atoms with Gasteiger partial charge < -0.3 is 15.2 Å². The quantitative estimate of drug-likeness (QED) is 0.546. The van der Waals surface area contributed by atoms with E-state index in [1.807, 2.05) is 6.07 Å². The van der Waals surface area contributed by atoms with Crippen molar-refractivity contribution in [1.82, 2.24) is 5.32 Å². The van der Waals surface area contributed by atoms with Gasteiger partial charge in [0.15, 0.2) is 11.5 Å². The molecule has 1 aromatic rings. The van der Waals surface area contributed by atoms with Gasteiger partial charge in [0.25, 0.3) is 5.91 Å². The number of hydrogen-bond donors (Lipinski definition) is 2. The molecule has 0 aliphatic heterocycles. The van der Waals surface area contributed by atoms with E-state index in [2.05, 4.69) is 37.2 Å². The number of benzene rings is 1. The van der Waals surface area contributed by atoms with Gasteiger partial charge >= 0.3 is 0 Å². The van der Waals surface area contributed by atoms with E-state index < -0.39 is 0 Å². The van der Waals surface area contributed by atoms with Crippen LogP contribution < -0.4 is 10.1 Å². The minimum absolute atomic E-state index is 0.0113. The number of methoxy groups -OCH3 is 1. The molecule has 0 saturated heterocycles. The Kier molecular flexibility index (Phi) is 6.08. The van der Waals surface area contributed by atoms with Crippen molar-refractivity contribution in [2.75, 3.05) is 7.11 Å². The molecule has 0 bridgehead atoms. The fourth-order valence-corrected chi connectivity index (χ4v) is 3.35. The topological polar surface area (TPSA) is 82.3 Å². The van der Waals surface area contributed by atoms with Gasteiger partial charge in [0, 0.05) is 10.5 Å². The number of aromatic hydroxyl groups is 1. The molecule has 2 rings (SSSR count). The van der Waals surface area contributed by atoms with E-state index in [-0.39, 0.29) is 29.0 Å². The van der Waals surface area contributed by atoms with E-state index >= 15 is 0 Å². The molecule has 1 fully saturated rings. The molecular weight excluding hydrogens is 428 g/mol. The summed E-state index contributed by atoms with van der Waals surface area (Å²) in [7, 11) is 1.43. The summed E-state index contributed by atoms with van der Waals surface area (Å²) < 4.78 is 6.03. The number of nitrogens with zero attached hydrogens (tertiary/aromatic N) is 1. The first-order valence-electron chi connectivity index (χ1n) is 7.15. The largest absolute Gasteiger partial charge is 0.503 e. The third kappa shape index (κ3) is 4.06. The molecule has 0 aromatic heterocycles. The maximum atomic E-state index is 12.2. The van der Waals surface area contributed by atoms with Crippen LogP contribution in [0.3, 0.4) is 0 Å². The molecule has 0 radical (unpaired) electrons. The zero-order valence-electron chi connectivity index (χ0n) is 12.5. The highest BCUT2D eigenvalue weighted by Gasteiger charge is 2.20. The van der Waals surface area contributed by atoms with Gasteiger partial charge in [-0.25, -0.2) is 0 Å². The Bertz CT molecular complexity index is 690. The van der Waals surface area contributed by atoms with Crippen molar-refractivity contribution in [2.45, 2.75) is 31.7 Å². The zero-order valence-corrected chi connectivity index (χ0v) is 15.7. The first-order chi connectivity index (χ1) is 11.0. The number of carbonyl (C=O) groups is 1. The summed E-state index contributed by atoms with van der Waals surface area (Å²) in [6, 6.07) is 3.63. The Labute approximate surface area is 151 Å². The van der Waals surface area contributed by atoms with Crippen LogP contribution in [0.4, 0.5) is 0 Å². The maximum Gasteiger partial charge on any atom is 0.262 e. The predicted octanol–water partition coefficient (Wildman–Crippen LogP) is 3.89. The summed E-state index contributed by atoms with van der Waals surface area (Å²) in [5.41, 5.74) is 0.571. The van der Waals surface area contributed by atoms with Gasteiger partial charge in [-0.05, 0) is 62.4 Å². The Balaban J connectivity index is 2.32. The number of phenols is 1. The van der Waals surface area contributed by atoms with E-state index in [9.17, 15) is 15.2 Å². The van der Waals surface area contributed by atoms with Crippen molar-refractivity contribution in [1.29, 1.82) is 5.26 Å². The van der Waals surface area contributed by atoms with Gasteiger partial charge in [-0.3, -0.25) is 4.79 Å². The fourth-order valence-electron chi connectivity index (χ4n) is 2.51. The number of halogens is 2. The van der Waals surface area contributed by atoms with Crippen molar-refractivity contribution in [3.8, 4) is 17.6 Å². The van der Waals surface area contributed by atoms with Gasteiger partial charge in [-0.15, -0.1) is 0 Å². The lowest BCUT2D eigenvalue weighted by Crippen LogP contribution is -2.33. The molecule has 1 aromatic carbocycles. The molecule has 23 heavy (non-hydrogen) atoms. The highest BCUT2D eigenvalue weighted by molar-refractivity contribution is 9.13. The SMILES string of the molecule is COc1cc(/C=C(/C#N)C(=O)NC2CCCC2)c(Br)c(Br)c1O. The van der Waals surface area contributed by atoms with Crippen molar-refractivity contribution < 1.29 is 14.6 Å². The van der Waals surface area contributed by atoms with Crippen LogP contribution in [0.25, 0.3) is 6.08 Å². The number of phenolic OH excluding ortho intramolecular Hbond substituents is 1. The molecule has 1 aliphatic carbocycles. The van der Waals surface area contributed by atoms with Crippen LogP contribution in [-0.4, -0.2) is 24.2 Å². The van der Waals surface area contributed by atoms with Gasteiger partial charge in [-0.1, -0.05) is 12.8 Å². The summed E-state index contributed by atoms with van der Waals surface area (Å²) in [6.07, 6.45) is 5.58. The number of carbonyl (C=O) groups excluding carboxylic acids is 1. The highest BCUT2D eigenvalue weighted by atomic mass is 79.9. The minimum atomic E-state index is -0.380. The van der Waals surface area contributed by atoms with Gasteiger partial charge in [-0.2, -0.15) is 5.26 Å². The van der Waals surface area contributed by atoms with E-state index in [0.29, 0.717) is 14.5 Å². The Morgan fingerprint density at radius 3 is 2.65 bits per heavy atom. The summed E-state index contributed by atoms with van der Waals surface area (Å²) >= 11 is 6.59. The second-order valence-corrected chi connectivity index (χ2v) is 6.86. The Hall–Kier alpha value is -1.52. The van der Waals surface area contributed by atoms with Crippen LogP contribution in [0.2, 0.25) is 0 Å². The molecular formula is C16H16Br2N2O3. The Morgan fingerprint density at radius 2 is 2.09 bits per heavy atom. The highest BCUT2D eigenvalue weighted by Crippen LogP contribution is 2.42. The normalized spacial score (nSPS) is 15.3.